The predicted molar refractivity (Wildman–Crippen MR) is 86.9 cm³/mol. The first-order valence-electron chi connectivity index (χ1n) is 7.98. The largest absolute Gasteiger partial charge is 0.491 e. The maximum absolute atomic E-state index is 12.8. The van der Waals surface area contributed by atoms with Crippen molar-refractivity contribution in [3.05, 3.63) is 45.7 Å². The van der Waals surface area contributed by atoms with Gasteiger partial charge in [-0.15, -0.1) is 0 Å². The Morgan fingerprint density at radius 3 is 2.92 bits per heavy atom. The van der Waals surface area contributed by atoms with Crippen LogP contribution in [0.5, 0.6) is 5.75 Å². The molecule has 2 aromatic heterocycles. The normalized spacial score (nSPS) is 17.3. The maximum Gasteiger partial charge on any atom is 0.293 e. The number of ether oxygens (including phenoxy) is 1. The number of hydrogen-bond acceptors (Lipinski definition) is 5. The zero-order chi connectivity index (χ0) is 17.3. The van der Waals surface area contributed by atoms with E-state index in [-0.39, 0.29) is 29.8 Å². The van der Waals surface area contributed by atoms with Gasteiger partial charge in [0.05, 0.1) is 18.8 Å². The van der Waals surface area contributed by atoms with Crippen molar-refractivity contribution >= 4 is 5.91 Å². The van der Waals surface area contributed by atoms with Crippen LogP contribution in [0, 0.1) is 13.8 Å². The molecule has 1 atom stereocenters. The van der Waals surface area contributed by atoms with Crippen LogP contribution in [0.3, 0.4) is 0 Å². The van der Waals surface area contributed by atoms with Gasteiger partial charge in [-0.25, -0.2) is 0 Å². The first-order chi connectivity index (χ1) is 11.5. The first kappa shape index (κ1) is 16.3. The highest BCUT2D eigenvalue weighted by atomic mass is 16.5. The number of aryl methyl sites for hydroxylation is 2. The summed E-state index contributed by atoms with van der Waals surface area (Å²) >= 11 is 0. The van der Waals surface area contributed by atoms with Gasteiger partial charge >= 0.3 is 0 Å². The van der Waals surface area contributed by atoms with Gasteiger partial charge in [0, 0.05) is 18.3 Å². The topological polar surface area (TPSA) is 77.6 Å². The zero-order valence-electron chi connectivity index (χ0n) is 14.1. The molecule has 3 heterocycles. The number of likely N-dealkylation sites (tertiary alicyclic amines) is 1. The van der Waals surface area contributed by atoms with Gasteiger partial charge in [-0.05, 0) is 38.8 Å². The second kappa shape index (κ2) is 6.51. The monoisotopic (exact) mass is 331 g/mol. The van der Waals surface area contributed by atoms with Crippen LogP contribution in [0.25, 0.3) is 0 Å². The summed E-state index contributed by atoms with van der Waals surface area (Å²) in [5.41, 5.74) is 1.50. The molecule has 0 saturated carbocycles. The van der Waals surface area contributed by atoms with Crippen molar-refractivity contribution in [3.63, 3.8) is 0 Å². The maximum atomic E-state index is 12.8. The highest BCUT2D eigenvalue weighted by Gasteiger charge is 2.33. The Balaban J connectivity index is 1.83. The van der Waals surface area contributed by atoms with Gasteiger partial charge in [0.1, 0.15) is 12.3 Å². The van der Waals surface area contributed by atoms with Crippen molar-refractivity contribution in [2.24, 2.45) is 0 Å². The van der Waals surface area contributed by atoms with Gasteiger partial charge < -0.3 is 18.7 Å². The summed E-state index contributed by atoms with van der Waals surface area (Å²) in [5, 5.41) is 3.99. The molecule has 3 rings (SSSR count). The summed E-state index contributed by atoms with van der Waals surface area (Å²) in [6, 6.07) is 3.25. The lowest BCUT2D eigenvalue weighted by atomic mass is 10.0. The van der Waals surface area contributed by atoms with E-state index in [0.717, 1.165) is 29.9 Å². The van der Waals surface area contributed by atoms with E-state index in [0.29, 0.717) is 6.54 Å². The molecule has 24 heavy (non-hydrogen) atoms. The molecule has 0 unspecified atom stereocenters. The minimum absolute atomic E-state index is 0.00406. The smallest absolute Gasteiger partial charge is 0.293 e. The molecule has 0 bridgehead atoms. The van der Waals surface area contributed by atoms with Gasteiger partial charge in [0.15, 0.2) is 5.75 Å². The molecule has 1 aliphatic heterocycles. The van der Waals surface area contributed by atoms with Crippen LogP contribution < -0.4 is 10.3 Å². The molecule has 7 nitrogen and oxygen atoms in total. The van der Waals surface area contributed by atoms with Crippen molar-refractivity contribution in [1.29, 1.82) is 0 Å². The Labute approximate surface area is 139 Å². The Hall–Kier alpha value is -2.57. The summed E-state index contributed by atoms with van der Waals surface area (Å²) in [6.45, 7) is 4.42. The molecular formula is C17H21N3O4. The molecule has 1 amide bonds. The van der Waals surface area contributed by atoms with Gasteiger partial charge in [-0.2, -0.15) is 0 Å². The fourth-order valence-corrected chi connectivity index (χ4v) is 3.36. The van der Waals surface area contributed by atoms with Crippen molar-refractivity contribution in [3.8, 4) is 5.75 Å². The molecule has 0 N–H and O–H groups in total. The van der Waals surface area contributed by atoms with Gasteiger partial charge in [0.2, 0.25) is 5.91 Å². The summed E-state index contributed by atoms with van der Waals surface area (Å²) in [7, 11) is 1.44. The first-order valence-corrected chi connectivity index (χ1v) is 7.98. The molecule has 1 aliphatic rings. The van der Waals surface area contributed by atoms with Crippen molar-refractivity contribution in [1.82, 2.24) is 14.6 Å². The van der Waals surface area contributed by atoms with E-state index in [1.165, 1.54) is 11.7 Å². The Bertz CT molecular complexity index is 789. The molecule has 0 aromatic carbocycles. The van der Waals surface area contributed by atoms with E-state index < -0.39 is 0 Å². The highest BCUT2D eigenvalue weighted by Crippen LogP contribution is 2.35. The second-order valence-electron chi connectivity index (χ2n) is 5.99. The number of aromatic nitrogens is 2. The lowest BCUT2D eigenvalue weighted by Gasteiger charge is -2.25. The predicted octanol–water partition coefficient (Wildman–Crippen LogP) is 1.83. The van der Waals surface area contributed by atoms with Crippen LogP contribution in [0.1, 0.15) is 35.9 Å². The minimum Gasteiger partial charge on any atom is -0.491 e. The number of carbonyl (C=O) groups excluding carboxylic acids is 1. The standard InChI is InChI=1S/C17H21N3O4/c1-11-16(12(2)24-18-11)13-6-4-9-20(13)15(21)10-19-8-5-7-14(23-3)17(19)22/h5,7-8,13H,4,6,9-10H2,1-3H3/t13-/m1/s1. The van der Waals surface area contributed by atoms with Crippen molar-refractivity contribution in [2.75, 3.05) is 13.7 Å². The average Bonchev–Trinajstić information content (AvgIpc) is 3.16. The van der Waals surface area contributed by atoms with Crippen LogP contribution >= 0.6 is 0 Å². The van der Waals surface area contributed by atoms with E-state index in [1.807, 2.05) is 18.7 Å². The zero-order valence-corrected chi connectivity index (χ0v) is 14.1. The van der Waals surface area contributed by atoms with Crippen LogP contribution in [-0.4, -0.2) is 34.2 Å². The molecule has 0 aliphatic carbocycles. The van der Waals surface area contributed by atoms with Crippen LogP contribution in [0.4, 0.5) is 0 Å². The Morgan fingerprint density at radius 2 is 2.25 bits per heavy atom. The van der Waals surface area contributed by atoms with Gasteiger partial charge in [-0.1, -0.05) is 5.16 Å². The molecule has 128 valence electrons. The number of hydrogen-bond donors (Lipinski definition) is 0. The molecule has 2 aromatic rings. The molecule has 1 fully saturated rings. The lowest BCUT2D eigenvalue weighted by Crippen LogP contribution is -2.36. The van der Waals surface area contributed by atoms with Crippen LogP contribution in [-0.2, 0) is 11.3 Å². The van der Waals surface area contributed by atoms with E-state index in [9.17, 15) is 9.59 Å². The van der Waals surface area contributed by atoms with E-state index in [2.05, 4.69) is 5.16 Å². The van der Waals surface area contributed by atoms with E-state index in [4.69, 9.17) is 9.26 Å². The van der Waals surface area contributed by atoms with Crippen molar-refractivity contribution < 1.29 is 14.1 Å². The number of nitrogens with zero attached hydrogens (tertiary/aromatic N) is 3. The van der Waals surface area contributed by atoms with Crippen LogP contribution in [0.2, 0.25) is 0 Å². The van der Waals surface area contributed by atoms with Gasteiger partial charge in [0.25, 0.3) is 5.56 Å². The third-order valence-corrected chi connectivity index (χ3v) is 4.51. The molecule has 1 saturated heterocycles. The summed E-state index contributed by atoms with van der Waals surface area (Å²) in [4.78, 5) is 26.8. The fraction of sp³-hybridized carbons (Fsp3) is 0.471. The third-order valence-electron chi connectivity index (χ3n) is 4.51. The second-order valence-corrected chi connectivity index (χ2v) is 5.99. The summed E-state index contributed by atoms with van der Waals surface area (Å²) in [5.74, 6) is 0.887. The fourth-order valence-electron chi connectivity index (χ4n) is 3.36. The van der Waals surface area contributed by atoms with E-state index >= 15 is 0 Å². The van der Waals surface area contributed by atoms with Crippen LogP contribution in [0.15, 0.2) is 27.6 Å². The average molecular weight is 331 g/mol. The molecular weight excluding hydrogens is 310 g/mol. The number of amides is 1. The number of carbonyl (C=O) groups is 1. The van der Waals surface area contributed by atoms with Gasteiger partial charge in [-0.3, -0.25) is 9.59 Å². The third kappa shape index (κ3) is 2.81. The number of rotatable bonds is 4. The molecule has 0 spiro atoms. The molecule has 7 heteroatoms. The highest BCUT2D eigenvalue weighted by molar-refractivity contribution is 5.77. The summed E-state index contributed by atoms with van der Waals surface area (Å²) in [6.07, 6.45) is 3.40. The number of pyridine rings is 1. The Kier molecular flexibility index (Phi) is 4.42. The lowest BCUT2D eigenvalue weighted by molar-refractivity contribution is -0.132. The quantitative estimate of drug-likeness (QED) is 0.854. The van der Waals surface area contributed by atoms with E-state index in [1.54, 1.807) is 18.3 Å². The summed E-state index contributed by atoms with van der Waals surface area (Å²) < 4.78 is 11.6. The Morgan fingerprint density at radius 1 is 1.46 bits per heavy atom. The number of methoxy groups -OCH3 is 1. The minimum atomic E-state index is -0.304. The molecule has 0 radical (unpaired) electrons. The SMILES string of the molecule is COc1cccn(CC(=O)N2CCC[C@@H]2c2c(C)noc2C)c1=O. The van der Waals surface area contributed by atoms with Crippen molar-refractivity contribution in [2.45, 2.75) is 39.3 Å².